The molecule has 1 aromatic rings. The number of halogens is 2. The third kappa shape index (κ3) is 4.65. The van der Waals surface area contributed by atoms with E-state index in [9.17, 15) is 0 Å². The minimum Gasteiger partial charge on any atom is -0.301 e. The molecule has 0 N–H and O–H groups in total. The molecule has 3 heteroatoms. The van der Waals surface area contributed by atoms with Crippen molar-refractivity contribution in [2.45, 2.75) is 36.1 Å². The van der Waals surface area contributed by atoms with Crippen LogP contribution in [-0.2, 0) is 0 Å². The largest absolute Gasteiger partial charge is 0.301 e. The first kappa shape index (κ1) is 17.8. The highest BCUT2D eigenvalue weighted by atomic mass is 127. The van der Waals surface area contributed by atoms with E-state index in [2.05, 4.69) is 54.5 Å². The number of hydrogen-bond donors (Lipinski definition) is 0. The smallest absolute Gasteiger partial charge is 0.200 e. The van der Waals surface area contributed by atoms with Crippen molar-refractivity contribution >= 4 is 34.2 Å². The molecular formula is C17H24ClIN+. The van der Waals surface area contributed by atoms with E-state index in [0.717, 1.165) is 37.0 Å². The number of rotatable bonds is 8. The third-order valence-electron chi connectivity index (χ3n) is 3.64. The summed E-state index contributed by atoms with van der Waals surface area (Å²) in [6.45, 7) is 7.50. The molecule has 0 aromatic heterocycles. The van der Waals surface area contributed by atoms with Crippen LogP contribution in [0.1, 0.15) is 37.6 Å². The van der Waals surface area contributed by atoms with Gasteiger partial charge in [-0.2, -0.15) is 0 Å². The molecule has 1 aromatic carbocycles. The maximum Gasteiger partial charge on any atom is 0.200 e. The molecule has 2 atom stereocenters. The van der Waals surface area contributed by atoms with Crippen LogP contribution in [0, 0.1) is 12.3 Å². The predicted molar refractivity (Wildman–Crippen MR) is 97.1 cm³/mol. The van der Waals surface area contributed by atoms with Gasteiger partial charge in [0.05, 0.1) is 13.1 Å². The summed E-state index contributed by atoms with van der Waals surface area (Å²) < 4.78 is 1.09. The summed E-state index contributed by atoms with van der Waals surface area (Å²) in [5.74, 6) is 2.93. The first-order chi connectivity index (χ1) is 9.59. The Labute approximate surface area is 142 Å². The fourth-order valence-corrected chi connectivity index (χ4v) is 3.95. The van der Waals surface area contributed by atoms with Crippen molar-refractivity contribution in [2.24, 2.45) is 0 Å². The van der Waals surface area contributed by atoms with Gasteiger partial charge in [-0.05, 0) is 24.3 Å². The van der Waals surface area contributed by atoms with Crippen LogP contribution in [-0.4, -0.2) is 28.2 Å². The van der Waals surface area contributed by atoms with Gasteiger partial charge >= 0.3 is 0 Å². The van der Waals surface area contributed by atoms with Gasteiger partial charge in [-0.25, -0.2) is 0 Å². The standard InChI is InChI=1S/C17H24ClIN/c1-4-12-20(13-5-2,17(19)6-3)14-16(18)15-10-8-7-9-11-15/h3,7-11,16-17H,4-5,12-14H2,1-2H3/q+1. The van der Waals surface area contributed by atoms with Crippen molar-refractivity contribution in [1.29, 1.82) is 0 Å². The summed E-state index contributed by atoms with van der Waals surface area (Å²) in [6.07, 6.45) is 7.97. The van der Waals surface area contributed by atoms with Gasteiger partial charge < -0.3 is 4.48 Å². The van der Waals surface area contributed by atoms with E-state index in [4.69, 9.17) is 18.0 Å². The van der Waals surface area contributed by atoms with Gasteiger partial charge in [0, 0.05) is 22.6 Å². The molecule has 0 radical (unpaired) electrons. The molecule has 2 unspecified atom stereocenters. The fraction of sp³-hybridized carbons (Fsp3) is 0.529. The molecule has 0 aliphatic rings. The molecular weight excluding hydrogens is 381 g/mol. The third-order valence-corrected chi connectivity index (χ3v) is 5.57. The van der Waals surface area contributed by atoms with Gasteiger partial charge in [0.25, 0.3) is 0 Å². The zero-order valence-corrected chi connectivity index (χ0v) is 15.3. The Bertz CT molecular complexity index is 420. The first-order valence-electron chi connectivity index (χ1n) is 7.24. The Hall–Kier alpha value is -0.240. The molecule has 0 spiro atoms. The van der Waals surface area contributed by atoms with Crippen molar-refractivity contribution in [1.82, 2.24) is 0 Å². The molecule has 0 heterocycles. The molecule has 1 rings (SSSR count). The molecule has 0 saturated carbocycles. The lowest BCUT2D eigenvalue weighted by Crippen LogP contribution is -2.55. The van der Waals surface area contributed by atoms with Gasteiger partial charge in [0.15, 0.2) is 0 Å². The van der Waals surface area contributed by atoms with E-state index in [1.165, 1.54) is 5.56 Å². The van der Waals surface area contributed by atoms with Crippen molar-refractivity contribution in [3.63, 3.8) is 0 Å². The lowest BCUT2D eigenvalue weighted by atomic mass is 10.1. The molecule has 0 aliphatic heterocycles. The van der Waals surface area contributed by atoms with Crippen LogP contribution in [0.15, 0.2) is 30.3 Å². The molecule has 0 saturated heterocycles. The van der Waals surface area contributed by atoms with E-state index >= 15 is 0 Å². The molecule has 20 heavy (non-hydrogen) atoms. The van der Waals surface area contributed by atoms with E-state index in [-0.39, 0.29) is 9.43 Å². The number of alkyl halides is 2. The topological polar surface area (TPSA) is 0 Å². The monoisotopic (exact) mass is 404 g/mol. The minimum absolute atomic E-state index is 0.0138. The number of benzene rings is 1. The van der Waals surface area contributed by atoms with Crippen molar-refractivity contribution in [3.05, 3.63) is 35.9 Å². The number of terminal acetylenes is 1. The predicted octanol–water partition coefficient (Wildman–Crippen LogP) is 5.00. The second-order valence-corrected chi connectivity index (χ2v) is 6.94. The molecule has 0 amide bonds. The van der Waals surface area contributed by atoms with E-state index in [1.807, 2.05) is 18.2 Å². The van der Waals surface area contributed by atoms with Gasteiger partial charge in [0.2, 0.25) is 4.05 Å². The Morgan fingerprint density at radius 2 is 1.75 bits per heavy atom. The summed E-state index contributed by atoms with van der Waals surface area (Å²) in [6, 6.07) is 10.3. The zero-order valence-electron chi connectivity index (χ0n) is 12.4. The summed E-state index contributed by atoms with van der Waals surface area (Å²) in [7, 11) is 0. The summed E-state index contributed by atoms with van der Waals surface area (Å²) in [5.41, 5.74) is 1.18. The second kappa shape index (κ2) is 8.92. The highest BCUT2D eigenvalue weighted by Crippen LogP contribution is 2.30. The van der Waals surface area contributed by atoms with Crippen LogP contribution < -0.4 is 0 Å². The van der Waals surface area contributed by atoms with E-state index < -0.39 is 0 Å². The summed E-state index contributed by atoms with van der Waals surface area (Å²) in [4.78, 5) is 0. The van der Waals surface area contributed by atoms with Crippen molar-refractivity contribution < 1.29 is 4.48 Å². The Kier molecular flexibility index (Phi) is 7.94. The molecule has 1 nitrogen and oxygen atoms in total. The minimum atomic E-state index is 0.0138. The van der Waals surface area contributed by atoms with Crippen LogP contribution in [0.25, 0.3) is 0 Å². The average molecular weight is 405 g/mol. The SMILES string of the molecule is C#CC(I)[N+](CCC)(CCC)CC(Cl)c1ccccc1. The van der Waals surface area contributed by atoms with Crippen LogP contribution in [0.5, 0.6) is 0 Å². The lowest BCUT2D eigenvalue weighted by molar-refractivity contribution is -0.927. The van der Waals surface area contributed by atoms with Crippen molar-refractivity contribution in [3.8, 4) is 12.3 Å². The second-order valence-electron chi connectivity index (χ2n) is 5.23. The van der Waals surface area contributed by atoms with E-state index in [0.29, 0.717) is 0 Å². The normalized spacial score (nSPS) is 14.6. The highest BCUT2D eigenvalue weighted by Gasteiger charge is 2.35. The summed E-state index contributed by atoms with van der Waals surface area (Å²) >= 11 is 9.07. The number of nitrogens with zero attached hydrogens (tertiary/aromatic N) is 1. The molecule has 110 valence electrons. The van der Waals surface area contributed by atoms with Gasteiger partial charge in [-0.3, -0.25) is 0 Å². The fourth-order valence-electron chi connectivity index (χ4n) is 2.75. The molecule has 0 bridgehead atoms. The quantitative estimate of drug-likeness (QED) is 0.188. The zero-order chi connectivity index (χ0) is 15.0. The van der Waals surface area contributed by atoms with Gasteiger partial charge in [0.1, 0.15) is 11.9 Å². The van der Waals surface area contributed by atoms with Crippen LogP contribution in [0.3, 0.4) is 0 Å². The van der Waals surface area contributed by atoms with Crippen molar-refractivity contribution in [2.75, 3.05) is 19.6 Å². The summed E-state index contributed by atoms with van der Waals surface area (Å²) in [5, 5.41) is 0.0138. The molecule has 0 aliphatic carbocycles. The van der Waals surface area contributed by atoms with E-state index in [1.54, 1.807) is 0 Å². The number of hydrogen-bond acceptors (Lipinski definition) is 0. The van der Waals surface area contributed by atoms with Crippen LogP contribution in [0.2, 0.25) is 0 Å². The molecule has 0 fully saturated rings. The van der Waals surface area contributed by atoms with Crippen LogP contribution >= 0.6 is 34.2 Å². The van der Waals surface area contributed by atoms with Gasteiger partial charge in [-0.15, -0.1) is 18.0 Å². The maximum absolute atomic E-state index is 6.68. The lowest BCUT2D eigenvalue weighted by Gasteiger charge is -2.41. The Morgan fingerprint density at radius 3 is 2.20 bits per heavy atom. The van der Waals surface area contributed by atoms with Gasteiger partial charge in [-0.1, -0.05) is 44.2 Å². The Balaban J connectivity index is 2.96. The van der Waals surface area contributed by atoms with Crippen LogP contribution in [0.4, 0.5) is 0 Å². The first-order valence-corrected chi connectivity index (χ1v) is 8.92. The Morgan fingerprint density at radius 1 is 1.20 bits per heavy atom. The highest BCUT2D eigenvalue weighted by molar-refractivity contribution is 14.1. The average Bonchev–Trinajstić information content (AvgIpc) is 2.47. The maximum atomic E-state index is 6.68. The number of quaternary nitrogens is 1.